The van der Waals surface area contributed by atoms with Gasteiger partial charge in [0.25, 0.3) is 0 Å². The highest BCUT2D eigenvalue weighted by atomic mass is 16.3. The quantitative estimate of drug-likeness (QED) is 0.767. The standard InChI is InChI=1S/2C8H10O.CH2O/c2*1-6-3-4-8(9)5-7(6)2;1-2/h2*3-5,9H,1-2H3;1H2. The molecular formula is C17H22O3. The number of rotatable bonds is 0. The summed E-state index contributed by atoms with van der Waals surface area (Å²) >= 11 is 0. The number of phenols is 2. The van der Waals surface area contributed by atoms with Gasteiger partial charge in [0.1, 0.15) is 18.3 Å². The van der Waals surface area contributed by atoms with Gasteiger partial charge < -0.3 is 15.0 Å². The number of phenolic OH excluding ortho intramolecular Hbond substituents is 2. The zero-order valence-electron chi connectivity index (χ0n) is 12.5. The first kappa shape index (κ1) is 17.7. The normalized spacial score (nSPS) is 8.80. The van der Waals surface area contributed by atoms with Crippen LogP contribution in [-0.4, -0.2) is 17.0 Å². The van der Waals surface area contributed by atoms with Crippen LogP contribution < -0.4 is 0 Å². The monoisotopic (exact) mass is 274 g/mol. The summed E-state index contributed by atoms with van der Waals surface area (Å²) in [6, 6.07) is 10.7. The van der Waals surface area contributed by atoms with Gasteiger partial charge in [-0.15, -0.1) is 0 Å². The van der Waals surface area contributed by atoms with Crippen LogP contribution in [0.1, 0.15) is 22.3 Å². The summed E-state index contributed by atoms with van der Waals surface area (Å²) in [7, 11) is 0. The average Bonchev–Trinajstić information content (AvgIpc) is 2.42. The number of benzene rings is 2. The largest absolute Gasteiger partial charge is 0.508 e. The van der Waals surface area contributed by atoms with Crippen LogP contribution in [0, 0.1) is 27.7 Å². The maximum atomic E-state index is 8.94. The first-order valence-corrected chi connectivity index (χ1v) is 6.21. The van der Waals surface area contributed by atoms with E-state index in [9.17, 15) is 0 Å². The second-order valence-corrected chi connectivity index (χ2v) is 4.54. The molecule has 0 heterocycles. The third kappa shape index (κ3) is 6.05. The Morgan fingerprint density at radius 2 is 0.950 bits per heavy atom. The van der Waals surface area contributed by atoms with E-state index in [1.807, 2.05) is 46.6 Å². The molecule has 2 aromatic rings. The van der Waals surface area contributed by atoms with Crippen molar-refractivity contribution in [2.45, 2.75) is 27.7 Å². The molecule has 0 aliphatic carbocycles. The molecule has 3 nitrogen and oxygen atoms in total. The Morgan fingerprint density at radius 1 is 0.650 bits per heavy atom. The van der Waals surface area contributed by atoms with E-state index >= 15 is 0 Å². The molecule has 2 rings (SSSR count). The summed E-state index contributed by atoms with van der Waals surface area (Å²) in [4.78, 5) is 8.00. The highest BCUT2D eigenvalue weighted by Crippen LogP contribution is 2.14. The van der Waals surface area contributed by atoms with Gasteiger partial charge in [0.05, 0.1) is 0 Å². The van der Waals surface area contributed by atoms with Crippen LogP contribution in [0.3, 0.4) is 0 Å². The maximum Gasteiger partial charge on any atom is 0.115 e. The predicted octanol–water partition coefficient (Wildman–Crippen LogP) is 3.83. The van der Waals surface area contributed by atoms with Crippen molar-refractivity contribution in [2.75, 3.05) is 0 Å². The van der Waals surface area contributed by atoms with Crippen LogP contribution >= 0.6 is 0 Å². The van der Waals surface area contributed by atoms with Crippen molar-refractivity contribution in [1.82, 2.24) is 0 Å². The van der Waals surface area contributed by atoms with Crippen LogP contribution in [0.5, 0.6) is 11.5 Å². The Morgan fingerprint density at radius 3 is 1.15 bits per heavy atom. The van der Waals surface area contributed by atoms with E-state index in [0.717, 1.165) is 11.1 Å². The highest BCUT2D eigenvalue weighted by molar-refractivity contribution is 5.33. The Balaban J connectivity index is 0.000000321. The molecule has 0 bridgehead atoms. The summed E-state index contributed by atoms with van der Waals surface area (Å²) in [5.41, 5.74) is 4.70. The van der Waals surface area contributed by atoms with Crippen molar-refractivity contribution in [3.05, 3.63) is 58.7 Å². The van der Waals surface area contributed by atoms with Gasteiger partial charge >= 0.3 is 0 Å². The number of hydrogen-bond donors (Lipinski definition) is 2. The Hall–Kier alpha value is -2.29. The van der Waals surface area contributed by atoms with E-state index in [0.29, 0.717) is 11.5 Å². The van der Waals surface area contributed by atoms with E-state index in [1.54, 1.807) is 24.3 Å². The molecule has 0 unspecified atom stereocenters. The fourth-order valence-electron chi connectivity index (χ4n) is 1.45. The van der Waals surface area contributed by atoms with E-state index in [-0.39, 0.29) is 0 Å². The minimum atomic E-state index is 0.345. The van der Waals surface area contributed by atoms with Gasteiger partial charge in [0.2, 0.25) is 0 Å². The average molecular weight is 274 g/mol. The van der Waals surface area contributed by atoms with E-state index in [1.165, 1.54) is 11.1 Å². The van der Waals surface area contributed by atoms with E-state index in [4.69, 9.17) is 15.0 Å². The number of carbonyl (C=O) groups is 1. The summed E-state index contributed by atoms with van der Waals surface area (Å²) < 4.78 is 0. The van der Waals surface area contributed by atoms with Gasteiger partial charge in [-0.2, -0.15) is 0 Å². The Kier molecular flexibility index (Phi) is 7.75. The number of aromatic hydroxyl groups is 2. The molecule has 2 aromatic carbocycles. The molecule has 0 saturated heterocycles. The lowest BCUT2D eigenvalue weighted by molar-refractivity contribution is -0.0979. The molecule has 0 saturated carbocycles. The minimum absolute atomic E-state index is 0.345. The van der Waals surface area contributed by atoms with Gasteiger partial charge in [-0.05, 0) is 74.2 Å². The van der Waals surface area contributed by atoms with Crippen LogP contribution in [-0.2, 0) is 4.79 Å². The second-order valence-electron chi connectivity index (χ2n) is 4.54. The molecule has 0 aliphatic heterocycles. The predicted molar refractivity (Wildman–Crippen MR) is 82.3 cm³/mol. The molecule has 0 amide bonds. The lowest BCUT2D eigenvalue weighted by Gasteiger charge is -1.97. The number of hydrogen-bond acceptors (Lipinski definition) is 3. The first-order valence-electron chi connectivity index (χ1n) is 6.21. The molecule has 2 N–H and O–H groups in total. The molecule has 0 aromatic heterocycles. The third-order valence-electron chi connectivity index (χ3n) is 2.98. The first-order chi connectivity index (χ1) is 9.40. The van der Waals surface area contributed by atoms with Crippen molar-refractivity contribution in [1.29, 1.82) is 0 Å². The van der Waals surface area contributed by atoms with Crippen molar-refractivity contribution in [2.24, 2.45) is 0 Å². The number of carbonyl (C=O) groups excluding carboxylic acids is 1. The molecule has 3 heteroatoms. The lowest BCUT2D eigenvalue weighted by atomic mass is 10.1. The topological polar surface area (TPSA) is 57.5 Å². The van der Waals surface area contributed by atoms with Crippen molar-refractivity contribution in [3.8, 4) is 11.5 Å². The second kappa shape index (κ2) is 8.75. The van der Waals surface area contributed by atoms with Crippen LogP contribution in [0.2, 0.25) is 0 Å². The molecular weight excluding hydrogens is 252 g/mol. The van der Waals surface area contributed by atoms with Crippen molar-refractivity contribution >= 4 is 6.79 Å². The maximum absolute atomic E-state index is 8.94. The molecule has 0 fully saturated rings. The molecule has 0 spiro atoms. The van der Waals surface area contributed by atoms with Crippen molar-refractivity contribution < 1.29 is 15.0 Å². The molecule has 20 heavy (non-hydrogen) atoms. The zero-order chi connectivity index (χ0) is 15.7. The smallest absolute Gasteiger partial charge is 0.115 e. The fraction of sp³-hybridized carbons (Fsp3) is 0.235. The van der Waals surface area contributed by atoms with Crippen LogP contribution in [0.25, 0.3) is 0 Å². The van der Waals surface area contributed by atoms with Crippen LogP contribution in [0.15, 0.2) is 36.4 Å². The third-order valence-corrected chi connectivity index (χ3v) is 2.98. The molecule has 0 aliphatic rings. The van der Waals surface area contributed by atoms with Gasteiger partial charge in [-0.25, -0.2) is 0 Å². The molecule has 0 atom stereocenters. The van der Waals surface area contributed by atoms with E-state index in [2.05, 4.69) is 0 Å². The fourth-order valence-corrected chi connectivity index (χ4v) is 1.45. The summed E-state index contributed by atoms with van der Waals surface area (Å²) in [6.07, 6.45) is 0. The number of aryl methyl sites for hydroxylation is 4. The summed E-state index contributed by atoms with van der Waals surface area (Å²) in [6.45, 7) is 10.0. The van der Waals surface area contributed by atoms with E-state index < -0.39 is 0 Å². The Bertz CT molecular complexity index is 498. The summed E-state index contributed by atoms with van der Waals surface area (Å²) in [5, 5.41) is 17.9. The summed E-state index contributed by atoms with van der Waals surface area (Å²) in [5.74, 6) is 0.691. The molecule has 0 radical (unpaired) electrons. The van der Waals surface area contributed by atoms with Gasteiger partial charge in [0, 0.05) is 0 Å². The zero-order valence-corrected chi connectivity index (χ0v) is 12.5. The van der Waals surface area contributed by atoms with Gasteiger partial charge in [-0.3, -0.25) is 0 Å². The molecule has 108 valence electrons. The lowest BCUT2D eigenvalue weighted by Crippen LogP contribution is -1.76. The SMILES string of the molecule is C=O.Cc1ccc(O)cc1C.Cc1ccc(O)cc1C. The van der Waals surface area contributed by atoms with Gasteiger partial charge in [0.15, 0.2) is 0 Å². The highest BCUT2D eigenvalue weighted by Gasteiger charge is 1.91. The van der Waals surface area contributed by atoms with Gasteiger partial charge in [-0.1, -0.05) is 12.1 Å². The Labute approximate surface area is 120 Å². The van der Waals surface area contributed by atoms with Crippen molar-refractivity contribution in [3.63, 3.8) is 0 Å². The van der Waals surface area contributed by atoms with Crippen LogP contribution in [0.4, 0.5) is 0 Å². The minimum Gasteiger partial charge on any atom is -0.508 e.